The van der Waals surface area contributed by atoms with Gasteiger partial charge in [0, 0.05) is 0 Å². The number of anilines is 3. The van der Waals surface area contributed by atoms with E-state index in [2.05, 4.69) is 15.5 Å². The van der Waals surface area contributed by atoms with Crippen molar-refractivity contribution in [2.75, 3.05) is 11.1 Å². The van der Waals surface area contributed by atoms with Gasteiger partial charge in [-0.05, 0) is 0 Å². The highest BCUT2D eigenvalue weighted by Gasteiger charge is 2.21. The summed E-state index contributed by atoms with van der Waals surface area (Å²) < 4.78 is 0. The third-order valence-corrected chi connectivity index (χ3v) is 4.64. The first kappa shape index (κ1) is 15.4. The molecular weight excluding hydrogens is 367 g/mol. The number of benzene rings is 1. The minimum Gasteiger partial charge on any atom is -0.383 e. The average molecular weight is 371 g/mol. The maximum Gasteiger partial charge on any atom is 0.172 e. The SMILES string of the molecule is N#Cc1c(Nc2c(Cl)c(Cl)c(Cl)c(Cl)c2Cl)n[nH]c1N. The van der Waals surface area contributed by atoms with Gasteiger partial charge in [0.15, 0.2) is 5.82 Å². The van der Waals surface area contributed by atoms with E-state index in [1.165, 1.54) is 0 Å². The molecule has 0 unspecified atom stereocenters. The van der Waals surface area contributed by atoms with E-state index in [0.29, 0.717) is 0 Å². The van der Waals surface area contributed by atoms with E-state index in [1.807, 2.05) is 6.07 Å². The van der Waals surface area contributed by atoms with Gasteiger partial charge in [-0.1, -0.05) is 58.0 Å². The zero-order valence-corrected chi connectivity index (χ0v) is 13.1. The van der Waals surface area contributed by atoms with Crippen molar-refractivity contribution in [1.29, 1.82) is 5.26 Å². The number of aromatic nitrogens is 2. The lowest BCUT2D eigenvalue weighted by Crippen LogP contribution is -1.97. The maximum absolute atomic E-state index is 8.99. The van der Waals surface area contributed by atoms with Crippen LogP contribution in [0.3, 0.4) is 0 Å². The molecular formula is C10H4Cl5N5. The molecule has 0 aliphatic heterocycles. The molecule has 0 radical (unpaired) electrons. The van der Waals surface area contributed by atoms with Gasteiger partial charge in [-0.15, -0.1) is 0 Å². The normalized spacial score (nSPS) is 10.4. The molecule has 2 rings (SSSR count). The predicted molar refractivity (Wildman–Crippen MR) is 82.5 cm³/mol. The predicted octanol–water partition coefficient (Wildman–Crippen LogP) is 4.87. The molecule has 0 spiro atoms. The molecule has 1 aromatic heterocycles. The quantitative estimate of drug-likeness (QED) is 0.519. The highest BCUT2D eigenvalue weighted by Crippen LogP contribution is 2.47. The van der Waals surface area contributed by atoms with E-state index < -0.39 is 0 Å². The number of hydrogen-bond acceptors (Lipinski definition) is 4. The molecule has 0 amide bonds. The third kappa shape index (κ3) is 2.46. The van der Waals surface area contributed by atoms with Gasteiger partial charge in [0.25, 0.3) is 0 Å². The van der Waals surface area contributed by atoms with Gasteiger partial charge in [-0.2, -0.15) is 10.4 Å². The van der Waals surface area contributed by atoms with Gasteiger partial charge in [0.1, 0.15) is 17.5 Å². The van der Waals surface area contributed by atoms with Crippen LogP contribution in [-0.2, 0) is 0 Å². The molecule has 0 aliphatic carbocycles. The number of H-pyrrole nitrogens is 1. The van der Waals surface area contributed by atoms with Gasteiger partial charge in [0.2, 0.25) is 0 Å². The second kappa shape index (κ2) is 5.76. The number of aromatic amines is 1. The summed E-state index contributed by atoms with van der Waals surface area (Å²) in [5.74, 6) is 0.247. The summed E-state index contributed by atoms with van der Waals surface area (Å²) in [5.41, 5.74) is 5.83. The number of nitrogens with one attached hydrogen (secondary N) is 2. The lowest BCUT2D eigenvalue weighted by molar-refractivity contribution is 1.10. The first-order valence-corrected chi connectivity index (χ1v) is 6.79. The molecule has 0 fully saturated rings. The summed E-state index contributed by atoms with van der Waals surface area (Å²) >= 11 is 29.9. The van der Waals surface area contributed by atoms with E-state index in [1.54, 1.807) is 0 Å². The molecule has 104 valence electrons. The first-order valence-electron chi connectivity index (χ1n) is 4.90. The smallest absolute Gasteiger partial charge is 0.172 e. The number of nitrogens with zero attached hydrogens (tertiary/aromatic N) is 2. The van der Waals surface area contributed by atoms with Gasteiger partial charge >= 0.3 is 0 Å². The highest BCUT2D eigenvalue weighted by molar-refractivity contribution is 6.56. The summed E-state index contributed by atoms with van der Waals surface area (Å²) in [4.78, 5) is 0. The van der Waals surface area contributed by atoms with E-state index in [-0.39, 0.29) is 48.0 Å². The van der Waals surface area contributed by atoms with Gasteiger partial charge in [-0.25, -0.2) is 0 Å². The van der Waals surface area contributed by atoms with Crippen molar-refractivity contribution in [1.82, 2.24) is 10.2 Å². The highest BCUT2D eigenvalue weighted by atomic mass is 35.5. The van der Waals surface area contributed by atoms with Crippen molar-refractivity contribution < 1.29 is 0 Å². The van der Waals surface area contributed by atoms with Crippen LogP contribution in [0.25, 0.3) is 0 Å². The second-order valence-corrected chi connectivity index (χ2v) is 5.43. The second-order valence-electron chi connectivity index (χ2n) is 3.54. The fourth-order valence-electron chi connectivity index (χ4n) is 1.39. The van der Waals surface area contributed by atoms with Crippen LogP contribution in [0.15, 0.2) is 0 Å². The first-order chi connectivity index (χ1) is 9.38. The Labute approximate surface area is 138 Å². The fraction of sp³-hybridized carbons (Fsp3) is 0. The minimum atomic E-state index is 0.0345. The van der Waals surface area contributed by atoms with Crippen molar-refractivity contribution in [2.24, 2.45) is 0 Å². The number of nitriles is 1. The Morgan fingerprint density at radius 2 is 1.50 bits per heavy atom. The third-order valence-electron chi connectivity index (χ3n) is 2.36. The van der Waals surface area contributed by atoms with E-state index in [4.69, 9.17) is 69.0 Å². The molecule has 1 heterocycles. The molecule has 0 aliphatic rings. The van der Waals surface area contributed by atoms with Crippen molar-refractivity contribution in [3.05, 3.63) is 30.7 Å². The maximum atomic E-state index is 8.99. The number of hydrogen-bond donors (Lipinski definition) is 3. The summed E-state index contributed by atoms with van der Waals surface area (Å²) in [6.07, 6.45) is 0. The van der Waals surface area contributed by atoms with Crippen LogP contribution in [0.4, 0.5) is 17.3 Å². The Hall–Kier alpha value is -1.03. The van der Waals surface area contributed by atoms with Crippen LogP contribution >= 0.6 is 58.0 Å². The molecule has 0 saturated carbocycles. The Bertz CT molecular complexity index is 704. The zero-order chi connectivity index (χ0) is 15.0. The Kier molecular flexibility index (Phi) is 4.43. The van der Waals surface area contributed by atoms with Crippen LogP contribution in [0.1, 0.15) is 5.56 Å². The average Bonchev–Trinajstić information content (AvgIpc) is 2.79. The van der Waals surface area contributed by atoms with E-state index >= 15 is 0 Å². The van der Waals surface area contributed by atoms with Crippen molar-refractivity contribution in [3.8, 4) is 6.07 Å². The Morgan fingerprint density at radius 3 is 2.00 bits per heavy atom. The molecule has 4 N–H and O–H groups in total. The topological polar surface area (TPSA) is 90.5 Å². The summed E-state index contributed by atoms with van der Waals surface area (Å²) in [7, 11) is 0. The monoisotopic (exact) mass is 369 g/mol. The Morgan fingerprint density at radius 1 is 1.00 bits per heavy atom. The molecule has 20 heavy (non-hydrogen) atoms. The standard InChI is InChI=1S/C10H4Cl5N5/c11-3-4(12)6(14)8(7(15)5(3)13)18-10-2(1-16)9(17)19-20-10/h(H4,17,18,19,20). The van der Waals surface area contributed by atoms with E-state index in [0.717, 1.165) is 0 Å². The van der Waals surface area contributed by atoms with Crippen LogP contribution in [-0.4, -0.2) is 10.2 Å². The van der Waals surface area contributed by atoms with Gasteiger partial charge in [0.05, 0.1) is 30.8 Å². The van der Waals surface area contributed by atoms with Crippen molar-refractivity contribution in [2.45, 2.75) is 0 Å². The minimum absolute atomic E-state index is 0.0345. The molecule has 2 aromatic rings. The molecule has 10 heteroatoms. The molecule has 0 bridgehead atoms. The van der Waals surface area contributed by atoms with E-state index in [9.17, 15) is 0 Å². The molecule has 0 atom stereocenters. The number of nitrogens with two attached hydrogens (primary N) is 1. The lowest BCUT2D eigenvalue weighted by Gasteiger charge is -2.13. The molecule has 0 saturated heterocycles. The number of nitrogen functional groups attached to an aromatic ring is 1. The zero-order valence-electron chi connectivity index (χ0n) is 9.36. The Balaban J connectivity index is 2.58. The van der Waals surface area contributed by atoms with Crippen LogP contribution in [0.2, 0.25) is 25.1 Å². The van der Waals surface area contributed by atoms with Gasteiger partial charge < -0.3 is 11.1 Å². The van der Waals surface area contributed by atoms with Crippen molar-refractivity contribution >= 4 is 75.3 Å². The summed E-state index contributed by atoms with van der Waals surface area (Å²) in [5, 5.41) is 18.2. The van der Waals surface area contributed by atoms with Crippen molar-refractivity contribution in [3.63, 3.8) is 0 Å². The van der Waals surface area contributed by atoms with Crippen LogP contribution < -0.4 is 11.1 Å². The van der Waals surface area contributed by atoms with Crippen LogP contribution in [0.5, 0.6) is 0 Å². The summed E-state index contributed by atoms with van der Waals surface area (Å²) in [6, 6.07) is 1.88. The number of halogens is 5. The fourth-order valence-corrected chi connectivity index (χ4v) is 2.63. The molecule has 5 nitrogen and oxygen atoms in total. The number of rotatable bonds is 2. The largest absolute Gasteiger partial charge is 0.383 e. The summed E-state index contributed by atoms with van der Waals surface area (Å²) in [6.45, 7) is 0. The van der Waals surface area contributed by atoms with Crippen LogP contribution in [0, 0.1) is 11.3 Å². The lowest BCUT2D eigenvalue weighted by atomic mass is 10.2. The molecule has 1 aromatic carbocycles. The van der Waals surface area contributed by atoms with Gasteiger partial charge in [-0.3, -0.25) is 5.10 Å².